The highest BCUT2D eigenvalue weighted by Gasteiger charge is 2.29. The van der Waals surface area contributed by atoms with Crippen molar-refractivity contribution in [3.8, 4) is 5.75 Å². The van der Waals surface area contributed by atoms with Crippen LogP contribution in [0.25, 0.3) is 0 Å². The van der Waals surface area contributed by atoms with Gasteiger partial charge in [0.25, 0.3) is 0 Å². The Morgan fingerprint density at radius 1 is 1.04 bits per heavy atom. The molecule has 0 aliphatic heterocycles. The van der Waals surface area contributed by atoms with E-state index in [0.717, 1.165) is 0 Å². The van der Waals surface area contributed by atoms with Crippen LogP contribution >= 0.6 is 11.6 Å². The van der Waals surface area contributed by atoms with Crippen LogP contribution in [0.3, 0.4) is 0 Å². The largest absolute Gasteiger partial charge is 0.855 e. The van der Waals surface area contributed by atoms with E-state index < -0.39 is 11.0 Å². The molecule has 0 saturated carbocycles. The van der Waals surface area contributed by atoms with Crippen LogP contribution in [0.2, 0.25) is 0 Å². The predicted octanol–water partition coefficient (Wildman–Crippen LogP) is 1.02. The molecule has 0 spiro atoms. The maximum atomic E-state index is 10.7. The van der Waals surface area contributed by atoms with Gasteiger partial charge in [0.2, 0.25) is 5.06 Å². The van der Waals surface area contributed by atoms with Gasteiger partial charge in [0, 0.05) is 6.42 Å². The molecule has 0 fully saturated rings. The molecule has 0 aliphatic carbocycles. The minimum Gasteiger partial charge on any atom is -0.855 e. The molecular formula is C14H32ClN3O5. The second kappa shape index (κ2) is 20.6. The first-order valence-electron chi connectivity index (χ1n) is 6.22. The van der Waals surface area contributed by atoms with Gasteiger partial charge in [-0.3, -0.25) is 0 Å². The topological polar surface area (TPSA) is 205 Å². The molecule has 12 N–H and O–H groups in total. The van der Waals surface area contributed by atoms with Gasteiger partial charge in [-0.05, 0) is 12.1 Å². The van der Waals surface area contributed by atoms with Gasteiger partial charge in [0.15, 0.2) is 0 Å². The van der Waals surface area contributed by atoms with Gasteiger partial charge in [0.1, 0.15) is 11.7 Å². The number of alkyl halides is 1. The summed E-state index contributed by atoms with van der Waals surface area (Å²) < 4.78 is 5.12. The Morgan fingerprint density at radius 2 is 1.39 bits per heavy atom. The molecule has 8 nitrogen and oxygen atoms in total. The van der Waals surface area contributed by atoms with Crippen LogP contribution < -0.4 is 38.5 Å². The summed E-state index contributed by atoms with van der Waals surface area (Å²) in [7, 11) is 0. The summed E-state index contributed by atoms with van der Waals surface area (Å²) in [4.78, 5) is 10.7. The van der Waals surface area contributed by atoms with Crippen molar-refractivity contribution in [2.24, 2.45) is 0 Å². The normalized spacial score (nSPS) is 10.3. The third-order valence-corrected chi connectivity index (χ3v) is 2.28. The number of carbonyl (C=O) groups excluding carboxylic acids is 1. The van der Waals surface area contributed by atoms with Crippen molar-refractivity contribution in [1.29, 1.82) is 0 Å². The number of quaternary nitrogens is 3. The lowest BCUT2D eigenvalue weighted by Gasteiger charge is -2.27. The molecule has 1 rings (SSSR count). The van der Waals surface area contributed by atoms with Crippen molar-refractivity contribution in [3.05, 3.63) is 30.3 Å². The molecule has 140 valence electrons. The average Bonchev–Trinajstić information content (AvgIpc) is 2.41. The molecule has 1 unspecified atom stereocenters. The first kappa shape index (κ1) is 33.2. The maximum Gasteiger partial charge on any atom is 0.221 e. The lowest BCUT2D eigenvalue weighted by atomic mass is 10.2. The van der Waals surface area contributed by atoms with Crippen LogP contribution in [0.15, 0.2) is 30.3 Å². The van der Waals surface area contributed by atoms with E-state index in [9.17, 15) is 9.90 Å². The lowest BCUT2D eigenvalue weighted by molar-refractivity contribution is -0.362. The van der Waals surface area contributed by atoms with Crippen molar-refractivity contribution in [2.45, 2.75) is 32.3 Å². The van der Waals surface area contributed by atoms with E-state index in [1.165, 1.54) is 0 Å². The van der Waals surface area contributed by atoms with E-state index in [0.29, 0.717) is 5.75 Å². The number of rotatable bonds is 4. The monoisotopic (exact) mass is 357 g/mol. The minimum atomic E-state index is -1.78. The summed E-state index contributed by atoms with van der Waals surface area (Å²) in [5.41, 5.74) is 0. The summed E-state index contributed by atoms with van der Waals surface area (Å²) in [5.74, 6) is -1.01. The molecule has 0 radical (unpaired) electrons. The summed E-state index contributed by atoms with van der Waals surface area (Å²) in [6.45, 7) is 4.76. The van der Waals surface area contributed by atoms with Crippen molar-refractivity contribution in [3.63, 3.8) is 0 Å². The molecule has 1 atom stereocenters. The molecule has 0 heterocycles. The smallest absolute Gasteiger partial charge is 0.221 e. The average molecular weight is 358 g/mol. The molecular weight excluding hydrogens is 326 g/mol. The zero-order valence-corrected chi connectivity index (χ0v) is 15.7. The number of halogens is 1. The Bertz CT molecular complexity index is 356. The third-order valence-electron chi connectivity index (χ3n) is 1.78. The molecule has 0 amide bonds. The third kappa shape index (κ3) is 16.8. The SMILES string of the molecule is CCC(Cl)(Oc1ccccc1)C(=O)[O-].CC[O-].CC[O-].[NH4+].[NH4+].[NH4+]. The molecule has 9 heteroatoms. The second-order valence-electron chi connectivity index (χ2n) is 3.36. The highest BCUT2D eigenvalue weighted by Crippen LogP contribution is 2.24. The van der Waals surface area contributed by atoms with Gasteiger partial charge in [0.05, 0.1) is 0 Å². The first-order chi connectivity index (χ1) is 9.41. The van der Waals surface area contributed by atoms with Crippen LogP contribution in [-0.4, -0.2) is 24.2 Å². The number of para-hydroxylation sites is 1. The van der Waals surface area contributed by atoms with E-state index in [-0.39, 0.29) is 38.1 Å². The predicted molar refractivity (Wildman–Crippen MR) is 90.0 cm³/mol. The number of aliphatic carboxylic acids is 1. The van der Waals surface area contributed by atoms with Gasteiger partial charge in [-0.25, -0.2) is 0 Å². The zero-order valence-electron chi connectivity index (χ0n) is 14.9. The Morgan fingerprint density at radius 3 is 1.65 bits per heavy atom. The van der Waals surface area contributed by atoms with Crippen LogP contribution in [0.4, 0.5) is 0 Å². The van der Waals surface area contributed by atoms with E-state index in [4.69, 9.17) is 26.6 Å². The van der Waals surface area contributed by atoms with Crippen molar-refractivity contribution in [1.82, 2.24) is 18.5 Å². The summed E-state index contributed by atoms with van der Waals surface area (Å²) in [6, 6.07) is 8.54. The second-order valence-corrected chi connectivity index (χ2v) is 3.97. The number of ether oxygens (including phenoxy) is 1. The number of carboxylic acids is 1. The maximum absolute atomic E-state index is 10.7. The standard InChI is InChI=1S/C10H11ClO3.2C2H5O.3H3N/c1-2-10(11,9(12)13)14-8-6-4-3-5-7-8;2*1-2-3;;;/h3-7H,2H2,1H3,(H,12,13);2*2H2,1H3;3*1H3/q;2*-1;;;/p+2. The van der Waals surface area contributed by atoms with Crippen molar-refractivity contribution in [2.75, 3.05) is 13.2 Å². The van der Waals surface area contributed by atoms with Gasteiger partial charge < -0.3 is 43.3 Å². The molecule has 0 saturated heterocycles. The van der Waals surface area contributed by atoms with E-state index in [2.05, 4.69) is 0 Å². The highest BCUT2D eigenvalue weighted by atomic mass is 35.5. The van der Waals surface area contributed by atoms with Crippen molar-refractivity contribution >= 4 is 17.6 Å². The van der Waals surface area contributed by atoms with Crippen LogP contribution in [0, 0.1) is 0 Å². The summed E-state index contributed by atoms with van der Waals surface area (Å²) >= 11 is 5.71. The molecule has 1 aromatic carbocycles. The highest BCUT2D eigenvalue weighted by molar-refractivity contribution is 6.32. The Labute approximate surface area is 143 Å². The van der Waals surface area contributed by atoms with Gasteiger partial charge >= 0.3 is 0 Å². The fraction of sp³-hybridized carbons (Fsp3) is 0.500. The minimum absolute atomic E-state index is 0. The van der Waals surface area contributed by atoms with Gasteiger partial charge in [-0.2, -0.15) is 0 Å². The van der Waals surface area contributed by atoms with Crippen molar-refractivity contribution < 1.29 is 24.9 Å². The number of carbonyl (C=O) groups is 1. The first-order valence-corrected chi connectivity index (χ1v) is 6.60. The molecule has 0 aliphatic rings. The Hall–Kier alpha value is -1.42. The van der Waals surface area contributed by atoms with E-state index >= 15 is 0 Å². The molecule has 0 aromatic heterocycles. The number of hydrogen-bond donors (Lipinski definition) is 3. The van der Waals surface area contributed by atoms with Crippen LogP contribution in [0.5, 0.6) is 5.75 Å². The van der Waals surface area contributed by atoms with Gasteiger partial charge in [-0.1, -0.05) is 50.6 Å². The molecule has 1 aromatic rings. The molecule has 0 bridgehead atoms. The van der Waals surface area contributed by atoms with E-state index in [1.54, 1.807) is 51.1 Å². The van der Waals surface area contributed by atoms with E-state index in [1.807, 2.05) is 0 Å². The summed E-state index contributed by atoms with van der Waals surface area (Å²) in [6.07, 6.45) is 0.131. The number of benzene rings is 1. The fourth-order valence-corrected chi connectivity index (χ4v) is 1.02. The molecule has 23 heavy (non-hydrogen) atoms. The quantitative estimate of drug-likeness (QED) is 0.672. The van der Waals surface area contributed by atoms with Crippen LogP contribution in [0.1, 0.15) is 27.2 Å². The zero-order chi connectivity index (χ0) is 16.0. The fourth-order valence-electron chi connectivity index (χ4n) is 0.934. The Balaban J connectivity index is -0.000000105. The lowest BCUT2D eigenvalue weighted by Crippen LogP contribution is -2.47. The van der Waals surface area contributed by atoms with Crippen LogP contribution in [-0.2, 0) is 4.79 Å². The summed E-state index contributed by atoms with van der Waals surface area (Å²) in [5, 5.41) is 26.8. The van der Waals surface area contributed by atoms with Gasteiger partial charge in [-0.15, -0.1) is 13.2 Å². The number of hydrogen-bond acceptors (Lipinski definition) is 5. The number of carboxylic acid groups (broad SMARTS) is 1. The Kier molecular flexibility index (Phi) is 29.8.